The van der Waals surface area contributed by atoms with Gasteiger partial charge < -0.3 is 5.32 Å². The zero-order chi connectivity index (χ0) is 12.3. The molecule has 0 fully saturated rings. The highest BCUT2D eigenvalue weighted by atomic mass is 14.8. The Morgan fingerprint density at radius 3 is 2.47 bits per heavy atom. The summed E-state index contributed by atoms with van der Waals surface area (Å²) in [5.41, 5.74) is 6.61. The molecule has 0 aromatic heterocycles. The third kappa shape index (κ3) is 2.75. The smallest absolute Gasteiger partial charge is 0.0202 e. The predicted octanol–water partition coefficient (Wildman–Crippen LogP) is 3.69. The van der Waals surface area contributed by atoms with E-state index in [0.29, 0.717) is 0 Å². The predicted molar refractivity (Wildman–Crippen MR) is 74.1 cm³/mol. The first-order valence-corrected chi connectivity index (χ1v) is 6.02. The van der Waals surface area contributed by atoms with Gasteiger partial charge in [0.05, 0.1) is 0 Å². The highest BCUT2D eigenvalue weighted by Gasteiger charge is 2.02. The van der Waals surface area contributed by atoms with Crippen molar-refractivity contribution in [1.82, 2.24) is 5.32 Å². The first-order chi connectivity index (χ1) is 8.20. The molecule has 0 aliphatic carbocycles. The molecule has 2 rings (SSSR count). The first-order valence-electron chi connectivity index (χ1n) is 6.02. The van der Waals surface area contributed by atoms with Gasteiger partial charge in [0.15, 0.2) is 0 Å². The van der Waals surface area contributed by atoms with Gasteiger partial charge in [-0.25, -0.2) is 0 Å². The van der Waals surface area contributed by atoms with Crippen molar-refractivity contribution in [3.05, 3.63) is 59.2 Å². The van der Waals surface area contributed by atoms with Crippen molar-refractivity contribution in [2.45, 2.75) is 20.4 Å². The molecular formula is C16H19N. The Balaban J connectivity index is 2.39. The van der Waals surface area contributed by atoms with Gasteiger partial charge in [0.2, 0.25) is 0 Å². The van der Waals surface area contributed by atoms with Gasteiger partial charge in [-0.15, -0.1) is 0 Å². The molecule has 0 saturated heterocycles. The monoisotopic (exact) mass is 225 g/mol. The minimum Gasteiger partial charge on any atom is -0.316 e. The molecule has 1 heteroatoms. The van der Waals surface area contributed by atoms with Gasteiger partial charge in [-0.3, -0.25) is 0 Å². The third-order valence-corrected chi connectivity index (χ3v) is 3.00. The van der Waals surface area contributed by atoms with Crippen LogP contribution < -0.4 is 5.32 Å². The van der Waals surface area contributed by atoms with Gasteiger partial charge in [0.25, 0.3) is 0 Å². The van der Waals surface area contributed by atoms with E-state index >= 15 is 0 Å². The van der Waals surface area contributed by atoms with Crippen LogP contribution in [0.3, 0.4) is 0 Å². The summed E-state index contributed by atoms with van der Waals surface area (Å²) in [5.74, 6) is 0. The van der Waals surface area contributed by atoms with Crippen LogP contribution in [0.2, 0.25) is 0 Å². The molecule has 1 nitrogen and oxygen atoms in total. The molecule has 0 atom stereocenters. The number of rotatable bonds is 3. The summed E-state index contributed by atoms with van der Waals surface area (Å²) in [6.07, 6.45) is 0. The number of nitrogens with one attached hydrogen (secondary N) is 1. The van der Waals surface area contributed by atoms with Crippen molar-refractivity contribution in [3.63, 3.8) is 0 Å². The largest absolute Gasteiger partial charge is 0.316 e. The molecular weight excluding hydrogens is 206 g/mol. The Bertz CT molecular complexity index is 515. The fourth-order valence-corrected chi connectivity index (χ4v) is 2.18. The Hall–Kier alpha value is -1.60. The maximum absolute atomic E-state index is 3.18. The molecule has 17 heavy (non-hydrogen) atoms. The molecule has 0 amide bonds. The average molecular weight is 225 g/mol. The van der Waals surface area contributed by atoms with Gasteiger partial charge in [-0.1, -0.05) is 48.0 Å². The van der Waals surface area contributed by atoms with Gasteiger partial charge >= 0.3 is 0 Å². The van der Waals surface area contributed by atoms with Crippen molar-refractivity contribution >= 4 is 0 Å². The van der Waals surface area contributed by atoms with Crippen LogP contribution in [-0.2, 0) is 6.54 Å². The van der Waals surface area contributed by atoms with E-state index < -0.39 is 0 Å². The molecule has 0 unspecified atom stereocenters. The number of aryl methyl sites for hydroxylation is 2. The van der Waals surface area contributed by atoms with E-state index in [1.54, 1.807) is 0 Å². The Morgan fingerprint density at radius 1 is 1.00 bits per heavy atom. The molecule has 88 valence electrons. The quantitative estimate of drug-likeness (QED) is 0.840. The lowest BCUT2D eigenvalue weighted by Gasteiger charge is -2.09. The summed E-state index contributed by atoms with van der Waals surface area (Å²) in [4.78, 5) is 0. The Labute approximate surface area is 103 Å². The SMILES string of the molecule is CNCc1ccc(-c2cccc(C)c2)c(C)c1. The van der Waals surface area contributed by atoms with Crippen LogP contribution >= 0.6 is 0 Å². The molecule has 0 spiro atoms. The van der Waals surface area contributed by atoms with Crippen molar-refractivity contribution in [2.24, 2.45) is 0 Å². The molecule has 0 bridgehead atoms. The van der Waals surface area contributed by atoms with Crippen LogP contribution in [0.5, 0.6) is 0 Å². The standard InChI is InChI=1S/C16H19N/c1-12-5-4-6-15(9-12)16-8-7-14(11-17-3)10-13(16)2/h4-10,17H,11H2,1-3H3. The number of benzene rings is 2. The molecule has 2 aromatic rings. The normalized spacial score (nSPS) is 10.5. The van der Waals surface area contributed by atoms with E-state index in [9.17, 15) is 0 Å². The fourth-order valence-electron chi connectivity index (χ4n) is 2.18. The lowest BCUT2D eigenvalue weighted by Crippen LogP contribution is -2.05. The van der Waals surface area contributed by atoms with Crippen LogP contribution in [0, 0.1) is 13.8 Å². The van der Waals surface area contributed by atoms with Crippen molar-refractivity contribution in [3.8, 4) is 11.1 Å². The van der Waals surface area contributed by atoms with Crippen LogP contribution in [-0.4, -0.2) is 7.05 Å². The van der Waals surface area contributed by atoms with Crippen LogP contribution in [0.1, 0.15) is 16.7 Å². The summed E-state index contributed by atoms with van der Waals surface area (Å²) >= 11 is 0. The van der Waals surface area contributed by atoms with Crippen LogP contribution in [0.4, 0.5) is 0 Å². The van der Waals surface area contributed by atoms with Crippen molar-refractivity contribution in [1.29, 1.82) is 0 Å². The van der Waals surface area contributed by atoms with E-state index in [1.165, 1.54) is 27.8 Å². The van der Waals surface area contributed by atoms with E-state index in [-0.39, 0.29) is 0 Å². The van der Waals surface area contributed by atoms with Crippen LogP contribution in [0.25, 0.3) is 11.1 Å². The van der Waals surface area contributed by atoms with Crippen LogP contribution in [0.15, 0.2) is 42.5 Å². The second-order valence-corrected chi connectivity index (χ2v) is 4.55. The average Bonchev–Trinajstić information content (AvgIpc) is 2.29. The maximum atomic E-state index is 3.18. The lowest BCUT2D eigenvalue weighted by molar-refractivity contribution is 0.817. The highest BCUT2D eigenvalue weighted by Crippen LogP contribution is 2.24. The molecule has 0 saturated carbocycles. The first kappa shape index (κ1) is 11.9. The number of hydrogen-bond donors (Lipinski definition) is 1. The van der Waals surface area contributed by atoms with E-state index in [2.05, 4.69) is 61.6 Å². The van der Waals surface area contributed by atoms with E-state index in [0.717, 1.165) is 6.54 Å². The molecule has 2 aromatic carbocycles. The summed E-state index contributed by atoms with van der Waals surface area (Å²) in [7, 11) is 1.98. The molecule has 1 N–H and O–H groups in total. The highest BCUT2D eigenvalue weighted by molar-refractivity contribution is 5.68. The molecule has 0 radical (unpaired) electrons. The second-order valence-electron chi connectivity index (χ2n) is 4.55. The zero-order valence-corrected chi connectivity index (χ0v) is 10.7. The minimum atomic E-state index is 0.926. The topological polar surface area (TPSA) is 12.0 Å². The van der Waals surface area contributed by atoms with Crippen molar-refractivity contribution < 1.29 is 0 Å². The summed E-state index contributed by atoms with van der Waals surface area (Å²) < 4.78 is 0. The molecule has 0 aliphatic heterocycles. The second kappa shape index (κ2) is 5.15. The number of hydrogen-bond acceptors (Lipinski definition) is 1. The summed E-state index contributed by atoms with van der Waals surface area (Å²) in [6.45, 7) is 5.24. The summed E-state index contributed by atoms with van der Waals surface area (Å²) in [5, 5.41) is 3.18. The van der Waals surface area contributed by atoms with E-state index in [1.807, 2.05) is 7.05 Å². The summed E-state index contributed by atoms with van der Waals surface area (Å²) in [6, 6.07) is 15.3. The molecule has 0 aliphatic rings. The Morgan fingerprint density at radius 2 is 1.82 bits per heavy atom. The van der Waals surface area contributed by atoms with E-state index in [4.69, 9.17) is 0 Å². The lowest BCUT2D eigenvalue weighted by atomic mass is 9.97. The molecule has 0 heterocycles. The van der Waals surface area contributed by atoms with Gasteiger partial charge in [0, 0.05) is 6.54 Å². The minimum absolute atomic E-state index is 0.926. The van der Waals surface area contributed by atoms with Gasteiger partial charge in [-0.2, -0.15) is 0 Å². The zero-order valence-electron chi connectivity index (χ0n) is 10.7. The van der Waals surface area contributed by atoms with Gasteiger partial charge in [-0.05, 0) is 43.1 Å². The Kier molecular flexibility index (Phi) is 3.60. The third-order valence-electron chi connectivity index (χ3n) is 3.00. The maximum Gasteiger partial charge on any atom is 0.0202 e. The van der Waals surface area contributed by atoms with Crippen molar-refractivity contribution in [2.75, 3.05) is 7.05 Å². The van der Waals surface area contributed by atoms with Gasteiger partial charge in [0.1, 0.15) is 0 Å². The fraction of sp³-hybridized carbons (Fsp3) is 0.250.